The fourth-order valence-electron chi connectivity index (χ4n) is 4.28. The summed E-state index contributed by atoms with van der Waals surface area (Å²) in [5, 5.41) is 11.3. The molecule has 32 heavy (non-hydrogen) atoms. The average Bonchev–Trinajstić information content (AvgIpc) is 3.34. The highest BCUT2D eigenvalue weighted by Crippen LogP contribution is 2.35. The highest BCUT2D eigenvalue weighted by atomic mass is 32.1. The maximum atomic E-state index is 12.9. The van der Waals surface area contributed by atoms with Crippen molar-refractivity contribution in [3.63, 3.8) is 0 Å². The zero-order valence-corrected chi connectivity index (χ0v) is 19.9. The van der Waals surface area contributed by atoms with Gasteiger partial charge >= 0.3 is 0 Å². The molecule has 3 heterocycles. The van der Waals surface area contributed by atoms with E-state index in [1.165, 1.54) is 10.4 Å². The molecule has 0 amide bonds. The Morgan fingerprint density at radius 2 is 2.22 bits per heavy atom. The van der Waals surface area contributed by atoms with Crippen molar-refractivity contribution in [1.29, 1.82) is 0 Å². The van der Waals surface area contributed by atoms with Gasteiger partial charge in [0.2, 0.25) is 0 Å². The third-order valence-electron chi connectivity index (χ3n) is 5.78. The Balaban J connectivity index is 1.52. The molecular formula is C24H33N3O4S. The van der Waals surface area contributed by atoms with Gasteiger partial charge in [0.25, 0.3) is 5.56 Å². The number of aromatic amines is 1. The summed E-state index contributed by atoms with van der Waals surface area (Å²) in [5.74, 6) is 2.47. The second-order valence-corrected chi connectivity index (χ2v) is 10.5. The summed E-state index contributed by atoms with van der Waals surface area (Å²) in [7, 11) is 0. The van der Waals surface area contributed by atoms with Crippen LogP contribution in [0.3, 0.4) is 0 Å². The number of aryl methyl sites for hydroxylation is 1. The molecule has 2 N–H and O–H groups in total. The zero-order valence-electron chi connectivity index (χ0n) is 19.1. The van der Waals surface area contributed by atoms with Gasteiger partial charge in [0, 0.05) is 18.0 Å². The first kappa shape index (κ1) is 23.2. The first-order chi connectivity index (χ1) is 15.4. The van der Waals surface area contributed by atoms with E-state index in [2.05, 4.69) is 25.8 Å². The number of aliphatic hydroxyl groups excluding tert-OH is 1. The quantitative estimate of drug-likeness (QED) is 0.480. The van der Waals surface area contributed by atoms with E-state index in [1.54, 1.807) is 17.6 Å². The highest BCUT2D eigenvalue weighted by Gasteiger charge is 2.24. The maximum absolute atomic E-state index is 12.9. The largest absolute Gasteiger partial charge is 0.468 e. The summed E-state index contributed by atoms with van der Waals surface area (Å²) in [5.41, 5.74) is 1.13. The van der Waals surface area contributed by atoms with Crippen LogP contribution in [0.5, 0.6) is 0 Å². The zero-order chi connectivity index (χ0) is 22.7. The van der Waals surface area contributed by atoms with Gasteiger partial charge in [0.15, 0.2) is 0 Å². The van der Waals surface area contributed by atoms with Crippen molar-refractivity contribution in [3.05, 3.63) is 50.8 Å². The average molecular weight is 460 g/mol. The van der Waals surface area contributed by atoms with Crippen LogP contribution >= 0.6 is 11.3 Å². The van der Waals surface area contributed by atoms with Crippen LogP contribution in [-0.4, -0.2) is 45.8 Å². The Labute approximate surface area is 192 Å². The van der Waals surface area contributed by atoms with Crippen molar-refractivity contribution >= 4 is 21.6 Å². The number of rotatable bonds is 10. The molecule has 0 spiro atoms. The van der Waals surface area contributed by atoms with Gasteiger partial charge in [0.1, 0.15) is 16.4 Å². The maximum Gasteiger partial charge on any atom is 0.259 e. The number of hydrogen-bond donors (Lipinski definition) is 2. The van der Waals surface area contributed by atoms with Gasteiger partial charge in [-0.3, -0.25) is 9.69 Å². The molecule has 3 aromatic rings. The van der Waals surface area contributed by atoms with Crippen LogP contribution in [0.1, 0.15) is 49.2 Å². The topological polar surface area (TPSA) is 91.6 Å². The Morgan fingerprint density at radius 1 is 1.38 bits per heavy atom. The van der Waals surface area contributed by atoms with E-state index in [-0.39, 0.29) is 12.2 Å². The van der Waals surface area contributed by atoms with Crippen molar-refractivity contribution in [3.8, 4) is 0 Å². The van der Waals surface area contributed by atoms with Crippen molar-refractivity contribution < 1.29 is 14.3 Å². The van der Waals surface area contributed by atoms with Gasteiger partial charge in [0.05, 0.1) is 37.4 Å². The van der Waals surface area contributed by atoms with Crippen LogP contribution < -0.4 is 5.56 Å². The first-order valence-electron chi connectivity index (χ1n) is 11.4. The molecule has 0 radical (unpaired) electrons. The lowest BCUT2D eigenvalue weighted by Crippen LogP contribution is -2.35. The van der Waals surface area contributed by atoms with Gasteiger partial charge in [-0.2, -0.15) is 0 Å². The van der Waals surface area contributed by atoms with Crippen molar-refractivity contribution in [1.82, 2.24) is 14.9 Å². The van der Waals surface area contributed by atoms with Crippen molar-refractivity contribution in [2.45, 2.75) is 59.2 Å². The van der Waals surface area contributed by atoms with Crippen molar-refractivity contribution in [2.24, 2.45) is 11.8 Å². The monoisotopic (exact) mass is 459 g/mol. The number of nitrogens with zero attached hydrogens (tertiary/aromatic N) is 2. The molecule has 0 fully saturated rings. The number of nitrogens with one attached hydrogen (secondary N) is 1. The lowest BCUT2D eigenvalue weighted by atomic mass is 9.89. The van der Waals surface area contributed by atoms with E-state index in [0.29, 0.717) is 43.9 Å². The normalized spacial score (nSPS) is 17.4. The summed E-state index contributed by atoms with van der Waals surface area (Å²) >= 11 is 1.65. The molecule has 1 aliphatic rings. The van der Waals surface area contributed by atoms with Gasteiger partial charge in [-0.1, -0.05) is 20.8 Å². The number of hydrogen-bond acceptors (Lipinski definition) is 7. The Bertz CT molecular complexity index is 1070. The van der Waals surface area contributed by atoms with Gasteiger partial charge in [-0.25, -0.2) is 4.98 Å². The Morgan fingerprint density at radius 3 is 2.97 bits per heavy atom. The molecule has 174 valence electrons. The lowest BCUT2D eigenvalue weighted by molar-refractivity contribution is 0.00421. The number of furan rings is 1. The molecular weight excluding hydrogens is 426 g/mol. The van der Waals surface area contributed by atoms with Crippen molar-refractivity contribution in [2.75, 3.05) is 19.8 Å². The molecule has 3 aromatic heterocycles. The second-order valence-electron chi connectivity index (χ2n) is 9.38. The van der Waals surface area contributed by atoms with Crippen LogP contribution in [-0.2, 0) is 30.7 Å². The van der Waals surface area contributed by atoms with Crippen LogP contribution in [0.2, 0.25) is 0 Å². The molecule has 2 atom stereocenters. The molecule has 0 saturated carbocycles. The van der Waals surface area contributed by atoms with Crippen LogP contribution in [0.25, 0.3) is 10.2 Å². The minimum atomic E-state index is -0.644. The number of ether oxygens (including phenoxy) is 1. The molecule has 4 rings (SSSR count). The fourth-order valence-corrected chi connectivity index (χ4v) is 5.68. The number of H-pyrrole nitrogens is 1. The van der Waals surface area contributed by atoms with E-state index < -0.39 is 6.10 Å². The van der Waals surface area contributed by atoms with E-state index in [0.717, 1.165) is 35.2 Å². The van der Waals surface area contributed by atoms with E-state index in [9.17, 15) is 9.90 Å². The lowest BCUT2D eigenvalue weighted by Gasteiger charge is -2.24. The third kappa shape index (κ3) is 5.67. The van der Waals surface area contributed by atoms with E-state index in [1.807, 2.05) is 17.0 Å². The second kappa shape index (κ2) is 10.3. The molecule has 8 heteroatoms. The Hall–Kier alpha value is -2.00. The summed E-state index contributed by atoms with van der Waals surface area (Å²) in [6, 6.07) is 3.75. The Kier molecular flexibility index (Phi) is 7.45. The number of fused-ring (bicyclic) bond motifs is 3. The predicted octanol–water partition coefficient (Wildman–Crippen LogP) is 3.74. The van der Waals surface area contributed by atoms with E-state index >= 15 is 0 Å². The van der Waals surface area contributed by atoms with Gasteiger partial charge < -0.3 is 19.2 Å². The molecule has 0 unspecified atom stereocenters. The first-order valence-corrected chi connectivity index (χ1v) is 12.2. The number of aliphatic hydroxyl groups is 1. The summed E-state index contributed by atoms with van der Waals surface area (Å²) in [6.07, 6.45) is 4.09. The minimum Gasteiger partial charge on any atom is -0.468 e. The summed E-state index contributed by atoms with van der Waals surface area (Å²) < 4.78 is 11.1. The molecule has 0 aromatic carbocycles. The molecule has 7 nitrogen and oxygen atoms in total. The van der Waals surface area contributed by atoms with Gasteiger partial charge in [-0.05, 0) is 48.8 Å². The van der Waals surface area contributed by atoms with Crippen LogP contribution in [0, 0.1) is 11.8 Å². The smallest absolute Gasteiger partial charge is 0.259 e. The number of thiophene rings is 1. The predicted molar refractivity (Wildman–Crippen MR) is 126 cm³/mol. The standard InChI is InChI=1S/C24H33N3O4S/c1-15(2)13-30-14-17(28)10-27(11-18-5-4-8-31-18)12-21-25-23(29)22-19-7-6-16(3)9-20(19)32-24(22)26-21/h4-5,8,15-17,28H,6-7,9-14H2,1-3H3,(H,25,26,29)/t16-,17-/m1/s1. The molecule has 0 saturated heterocycles. The SMILES string of the molecule is CC(C)COC[C@H](O)CN(Cc1nc2sc3c(c2c(=O)[nH]1)CC[C@@H](C)C3)Cc1ccco1. The minimum absolute atomic E-state index is 0.0594. The van der Waals surface area contributed by atoms with Crippen LogP contribution in [0.4, 0.5) is 0 Å². The summed E-state index contributed by atoms with van der Waals surface area (Å²) in [6.45, 7) is 8.61. The number of aromatic nitrogens is 2. The molecule has 1 aliphatic carbocycles. The third-order valence-corrected chi connectivity index (χ3v) is 6.93. The van der Waals surface area contributed by atoms with E-state index in [4.69, 9.17) is 14.1 Å². The highest BCUT2D eigenvalue weighted by molar-refractivity contribution is 7.18. The molecule has 0 bridgehead atoms. The fraction of sp³-hybridized carbons (Fsp3) is 0.583. The van der Waals surface area contributed by atoms with Crippen LogP contribution in [0.15, 0.2) is 27.6 Å². The summed E-state index contributed by atoms with van der Waals surface area (Å²) in [4.78, 5) is 24.9. The van der Waals surface area contributed by atoms with Gasteiger partial charge in [-0.15, -0.1) is 11.3 Å². The molecule has 0 aliphatic heterocycles.